The van der Waals surface area contributed by atoms with Crippen LogP contribution in [-0.2, 0) is 4.79 Å². The molecule has 32 heavy (non-hydrogen) atoms. The smallest absolute Gasteiger partial charge is 0.323 e. The highest BCUT2D eigenvalue weighted by molar-refractivity contribution is 9.10. The maximum absolute atomic E-state index is 12.3. The summed E-state index contributed by atoms with van der Waals surface area (Å²) in [5.74, 6) is -0.253. The van der Waals surface area contributed by atoms with Crippen LogP contribution in [0.1, 0.15) is 41.7 Å². The largest absolute Gasteiger partial charge is 0.350 e. The second kappa shape index (κ2) is 11.2. The van der Waals surface area contributed by atoms with Crippen molar-refractivity contribution in [2.45, 2.75) is 25.8 Å². The van der Waals surface area contributed by atoms with Gasteiger partial charge in [0.05, 0.1) is 6.04 Å². The van der Waals surface area contributed by atoms with Crippen LogP contribution in [0, 0.1) is 0 Å². The zero-order valence-electron chi connectivity index (χ0n) is 17.6. The van der Waals surface area contributed by atoms with Crippen LogP contribution >= 0.6 is 15.9 Å². The first kappa shape index (κ1) is 23.2. The summed E-state index contributed by atoms with van der Waals surface area (Å²) in [4.78, 5) is 36.6. The molecule has 0 heterocycles. The molecular weight excluding hydrogens is 470 g/mol. The Bertz CT molecular complexity index is 1070. The normalized spacial score (nSPS) is 11.3. The van der Waals surface area contributed by atoms with Gasteiger partial charge in [-0.25, -0.2) is 4.79 Å². The summed E-state index contributed by atoms with van der Waals surface area (Å²) in [5.41, 5.74) is 2.83. The van der Waals surface area contributed by atoms with E-state index in [0.29, 0.717) is 16.9 Å². The molecule has 0 bridgehead atoms. The van der Waals surface area contributed by atoms with E-state index in [1.807, 2.05) is 37.3 Å². The van der Waals surface area contributed by atoms with Crippen molar-refractivity contribution in [2.24, 2.45) is 0 Å². The quantitative estimate of drug-likeness (QED) is 0.339. The van der Waals surface area contributed by atoms with Crippen molar-refractivity contribution in [3.63, 3.8) is 0 Å². The molecule has 6 nitrogen and oxygen atoms in total. The zero-order chi connectivity index (χ0) is 22.9. The van der Waals surface area contributed by atoms with Gasteiger partial charge in [0.1, 0.15) is 0 Å². The Hall–Kier alpha value is -3.45. The lowest BCUT2D eigenvalue weighted by atomic mass is 10.1. The molecule has 0 fully saturated rings. The Kier molecular flexibility index (Phi) is 8.16. The second-order valence-electron chi connectivity index (χ2n) is 7.29. The average Bonchev–Trinajstić information content (AvgIpc) is 2.79. The molecule has 0 spiro atoms. The monoisotopic (exact) mass is 493 g/mol. The van der Waals surface area contributed by atoms with Gasteiger partial charge in [-0.05, 0) is 48.9 Å². The minimum absolute atomic E-state index is 0.0653. The lowest BCUT2D eigenvalue weighted by Gasteiger charge is -2.15. The fourth-order valence-electron chi connectivity index (χ4n) is 3.07. The number of benzene rings is 3. The van der Waals surface area contributed by atoms with Gasteiger partial charge in [-0.2, -0.15) is 0 Å². The van der Waals surface area contributed by atoms with Gasteiger partial charge >= 0.3 is 6.03 Å². The Balaban J connectivity index is 1.45. The number of Topliss-reactive ketones (excluding diaryl/α,β-unsaturated/α-hetero) is 1. The van der Waals surface area contributed by atoms with Crippen LogP contribution in [-0.4, -0.2) is 17.7 Å². The van der Waals surface area contributed by atoms with E-state index < -0.39 is 0 Å². The molecule has 0 aliphatic heterocycles. The molecule has 3 N–H and O–H groups in total. The van der Waals surface area contributed by atoms with Crippen molar-refractivity contribution < 1.29 is 14.4 Å². The molecule has 0 aromatic heterocycles. The van der Waals surface area contributed by atoms with E-state index in [1.165, 1.54) is 0 Å². The molecule has 1 unspecified atom stereocenters. The molecule has 0 saturated carbocycles. The SMILES string of the molecule is CC(NC(=O)CCC(=O)c1ccc(Br)cc1)c1ccc(NC(=O)Nc2ccccc2)cc1. The van der Waals surface area contributed by atoms with E-state index in [1.54, 1.807) is 48.5 Å². The topological polar surface area (TPSA) is 87.3 Å². The van der Waals surface area contributed by atoms with Gasteiger partial charge in [0, 0.05) is 34.3 Å². The molecule has 0 aliphatic carbocycles. The maximum atomic E-state index is 12.3. The van der Waals surface area contributed by atoms with Gasteiger partial charge in [-0.3, -0.25) is 9.59 Å². The molecule has 0 radical (unpaired) electrons. The standard InChI is InChI=1S/C25H24BrN3O3/c1-17(27-24(31)16-15-23(30)19-7-11-20(26)12-8-19)18-9-13-22(14-10-18)29-25(32)28-21-5-3-2-4-6-21/h2-14,17H,15-16H2,1H3,(H,27,31)(H2,28,29,32). The van der Waals surface area contributed by atoms with Gasteiger partial charge in [-0.1, -0.05) is 58.4 Å². The number of anilines is 2. The number of hydrogen-bond acceptors (Lipinski definition) is 3. The van der Waals surface area contributed by atoms with Crippen LogP contribution in [0.3, 0.4) is 0 Å². The number of ketones is 1. The number of para-hydroxylation sites is 1. The number of urea groups is 1. The summed E-state index contributed by atoms with van der Waals surface area (Å²) in [7, 11) is 0. The highest BCUT2D eigenvalue weighted by Gasteiger charge is 2.13. The van der Waals surface area contributed by atoms with Gasteiger partial charge < -0.3 is 16.0 Å². The lowest BCUT2D eigenvalue weighted by Crippen LogP contribution is -2.27. The summed E-state index contributed by atoms with van der Waals surface area (Å²) in [6.07, 6.45) is 0.276. The number of carbonyl (C=O) groups is 3. The number of rotatable bonds is 8. The number of nitrogens with one attached hydrogen (secondary N) is 3. The fourth-order valence-corrected chi connectivity index (χ4v) is 3.34. The molecular formula is C25H24BrN3O3. The summed E-state index contributed by atoms with van der Waals surface area (Å²) in [6, 6.07) is 22.9. The Morgan fingerprint density at radius 2 is 1.38 bits per heavy atom. The van der Waals surface area contributed by atoms with Crippen LogP contribution in [0.15, 0.2) is 83.3 Å². The van der Waals surface area contributed by atoms with E-state index in [-0.39, 0.29) is 36.6 Å². The minimum Gasteiger partial charge on any atom is -0.350 e. The van der Waals surface area contributed by atoms with E-state index in [9.17, 15) is 14.4 Å². The summed E-state index contributed by atoms with van der Waals surface area (Å²) < 4.78 is 0.902. The average molecular weight is 494 g/mol. The van der Waals surface area contributed by atoms with Crippen molar-refractivity contribution in [3.05, 3.63) is 94.5 Å². The van der Waals surface area contributed by atoms with Crippen molar-refractivity contribution in [1.82, 2.24) is 5.32 Å². The Morgan fingerprint density at radius 1 is 0.781 bits per heavy atom. The van der Waals surface area contributed by atoms with Crippen molar-refractivity contribution in [1.29, 1.82) is 0 Å². The van der Waals surface area contributed by atoms with Gasteiger partial charge in [0.15, 0.2) is 5.78 Å². The molecule has 3 aromatic carbocycles. The van der Waals surface area contributed by atoms with Crippen LogP contribution in [0.4, 0.5) is 16.2 Å². The van der Waals surface area contributed by atoms with Crippen LogP contribution in [0.25, 0.3) is 0 Å². The number of hydrogen-bond donors (Lipinski definition) is 3. The lowest BCUT2D eigenvalue weighted by molar-refractivity contribution is -0.121. The molecule has 1 atom stereocenters. The third kappa shape index (κ3) is 7.06. The summed E-state index contributed by atoms with van der Waals surface area (Å²) >= 11 is 3.34. The van der Waals surface area contributed by atoms with Crippen molar-refractivity contribution in [3.8, 4) is 0 Å². The van der Waals surface area contributed by atoms with Crippen LogP contribution in [0.2, 0.25) is 0 Å². The van der Waals surface area contributed by atoms with Crippen LogP contribution in [0.5, 0.6) is 0 Å². The first-order chi connectivity index (χ1) is 15.4. The molecule has 3 aromatic rings. The highest BCUT2D eigenvalue weighted by Crippen LogP contribution is 2.17. The number of amides is 3. The number of halogens is 1. The molecule has 3 amide bonds. The Morgan fingerprint density at radius 3 is 2.00 bits per heavy atom. The Labute approximate surface area is 195 Å². The predicted octanol–water partition coefficient (Wildman–Crippen LogP) is 5.93. The summed E-state index contributed by atoms with van der Waals surface area (Å²) in [6.45, 7) is 1.87. The molecule has 0 aliphatic rings. The fraction of sp³-hybridized carbons (Fsp3) is 0.160. The first-order valence-corrected chi connectivity index (χ1v) is 11.0. The number of carbonyl (C=O) groups excluding carboxylic acids is 3. The van der Waals surface area contributed by atoms with Gasteiger partial charge in [0.25, 0.3) is 0 Å². The van der Waals surface area contributed by atoms with E-state index in [0.717, 1.165) is 10.0 Å². The predicted molar refractivity (Wildman–Crippen MR) is 130 cm³/mol. The van der Waals surface area contributed by atoms with Crippen molar-refractivity contribution >= 4 is 45.0 Å². The minimum atomic E-state index is -0.333. The molecule has 0 saturated heterocycles. The van der Waals surface area contributed by atoms with E-state index >= 15 is 0 Å². The molecule has 3 rings (SSSR count). The first-order valence-electron chi connectivity index (χ1n) is 10.2. The zero-order valence-corrected chi connectivity index (χ0v) is 19.2. The summed E-state index contributed by atoms with van der Waals surface area (Å²) in [5, 5.41) is 8.43. The highest BCUT2D eigenvalue weighted by atomic mass is 79.9. The molecule has 164 valence electrons. The maximum Gasteiger partial charge on any atom is 0.323 e. The molecule has 7 heteroatoms. The second-order valence-corrected chi connectivity index (χ2v) is 8.20. The van der Waals surface area contributed by atoms with E-state index in [2.05, 4.69) is 31.9 Å². The van der Waals surface area contributed by atoms with E-state index in [4.69, 9.17) is 0 Å². The van der Waals surface area contributed by atoms with Crippen molar-refractivity contribution in [2.75, 3.05) is 10.6 Å². The van der Waals surface area contributed by atoms with Gasteiger partial charge in [-0.15, -0.1) is 0 Å². The third-order valence-electron chi connectivity index (χ3n) is 4.82. The third-order valence-corrected chi connectivity index (χ3v) is 5.35. The van der Waals surface area contributed by atoms with Crippen LogP contribution < -0.4 is 16.0 Å². The van der Waals surface area contributed by atoms with Gasteiger partial charge in [0.2, 0.25) is 5.91 Å².